The number of amides is 1. The van der Waals surface area contributed by atoms with Gasteiger partial charge in [0.05, 0.1) is 17.6 Å². The number of H-pyrrole nitrogens is 2. The maximum Gasteiger partial charge on any atom is 0.323 e. The second-order valence-corrected chi connectivity index (χ2v) is 4.04. The highest BCUT2D eigenvalue weighted by molar-refractivity contribution is 5.96. The fourth-order valence-electron chi connectivity index (χ4n) is 1.72. The Morgan fingerprint density at radius 1 is 1.33 bits per heavy atom. The van der Waals surface area contributed by atoms with Crippen LogP contribution in [0.15, 0.2) is 23.0 Å². The summed E-state index contributed by atoms with van der Waals surface area (Å²) in [7, 11) is 1.71. The smallest absolute Gasteiger partial charge is 0.314 e. The Balaban J connectivity index is 2.24. The molecule has 2 aromatic rings. The molecule has 1 heterocycles. The van der Waals surface area contributed by atoms with Crippen LogP contribution in [0.2, 0.25) is 0 Å². The fraction of sp³-hybridized carbons (Fsp3) is 0.333. The van der Waals surface area contributed by atoms with Crippen molar-refractivity contribution in [1.29, 1.82) is 0 Å². The fourth-order valence-corrected chi connectivity index (χ4v) is 1.72. The van der Waals surface area contributed by atoms with E-state index >= 15 is 0 Å². The molecule has 0 aliphatic carbocycles. The average Bonchev–Trinajstić information content (AvgIpc) is 2.73. The number of nitrogens with zero attached hydrogens (tertiary/aromatic N) is 1. The molecule has 1 aromatic carbocycles. The van der Waals surface area contributed by atoms with E-state index in [0.29, 0.717) is 12.1 Å². The summed E-state index contributed by atoms with van der Waals surface area (Å²) >= 11 is 0. The first-order valence-corrected chi connectivity index (χ1v) is 5.81. The minimum absolute atomic E-state index is 0.0194. The Morgan fingerprint density at radius 2 is 2.06 bits per heavy atom. The first-order chi connectivity index (χ1) is 8.61. The second kappa shape index (κ2) is 5.05. The molecule has 1 aromatic heterocycles. The van der Waals surface area contributed by atoms with Gasteiger partial charge in [0.1, 0.15) is 0 Å². The van der Waals surface area contributed by atoms with Gasteiger partial charge in [-0.1, -0.05) is 6.92 Å². The van der Waals surface area contributed by atoms with Crippen molar-refractivity contribution in [3.8, 4) is 0 Å². The maximum absolute atomic E-state index is 11.8. The minimum Gasteiger partial charge on any atom is -0.314 e. The molecule has 0 atom stereocenters. The van der Waals surface area contributed by atoms with E-state index in [4.69, 9.17) is 0 Å². The summed E-state index contributed by atoms with van der Waals surface area (Å²) in [6.07, 6.45) is 0. The lowest BCUT2D eigenvalue weighted by Gasteiger charge is -2.17. The highest BCUT2D eigenvalue weighted by Crippen LogP contribution is 2.17. The normalized spacial score (nSPS) is 10.8. The van der Waals surface area contributed by atoms with E-state index in [1.807, 2.05) is 6.92 Å². The lowest BCUT2D eigenvalue weighted by atomic mass is 10.2. The third kappa shape index (κ3) is 2.43. The van der Waals surface area contributed by atoms with Crippen LogP contribution in [0.3, 0.4) is 0 Å². The molecule has 6 heteroatoms. The van der Waals surface area contributed by atoms with Crippen LogP contribution in [-0.2, 0) is 4.79 Å². The van der Waals surface area contributed by atoms with Crippen molar-refractivity contribution in [1.82, 2.24) is 15.3 Å². The van der Waals surface area contributed by atoms with Gasteiger partial charge < -0.3 is 20.2 Å². The highest BCUT2D eigenvalue weighted by Gasteiger charge is 2.11. The standard InChI is InChI=1S/C12H16N4O2/c1-3-13-7-11(17)16(2)8-4-5-9-10(6-8)15-12(18)14-9/h4-6,13H,3,7H2,1-2H3,(H2,14,15,18). The van der Waals surface area contributed by atoms with Crippen molar-refractivity contribution in [2.45, 2.75) is 6.92 Å². The van der Waals surface area contributed by atoms with Crippen LogP contribution >= 0.6 is 0 Å². The van der Waals surface area contributed by atoms with Crippen molar-refractivity contribution in [3.63, 3.8) is 0 Å². The summed E-state index contributed by atoms with van der Waals surface area (Å²) in [5.41, 5.74) is 1.93. The van der Waals surface area contributed by atoms with E-state index in [1.54, 1.807) is 30.1 Å². The molecule has 3 N–H and O–H groups in total. The van der Waals surface area contributed by atoms with Crippen LogP contribution in [0.1, 0.15) is 6.92 Å². The van der Waals surface area contributed by atoms with E-state index in [-0.39, 0.29) is 11.6 Å². The molecule has 96 valence electrons. The molecule has 0 aliphatic rings. The zero-order valence-corrected chi connectivity index (χ0v) is 10.4. The SMILES string of the molecule is CCNCC(=O)N(C)c1ccc2[nH]c(=O)[nH]c2c1. The molecule has 0 radical (unpaired) electrons. The molecule has 0 fully saturated rings. The first kappa shape index (κ1) is 12.4. The van der Waals surface area contributed by atoms with Gasteiger partial charge in [-0.05, 0) is 24.7 Å². The van der Waals surface area contributed by atoms with Crippen LogP contribution < -0.4 is 15.9 Å². The Labute approximate surface area is 104 Å². The lowest BCUT2D eigenvalue weighted by Crippen LogP contribution is -2.35. The summed E-state index contributed by atoms with van der Waals surface area (Å²) in [5.74, 6) is -0.0194. The molecule has 0 unspecified atom stereocenters. The van der Waals surface area contributed by atoms with Gasteiger partial charge in [-0.25, -0.2) is 4.79 Å². The maximum atomic E-state index is 11.8. The molecule has 18 heavy (non-hydrogen) atoms. The summed E-state index contributed by atoms with van der Waals surface area (Å²) in [6, 6.07) is 5.35. The number of aromatic amines is 2. The molecule has 0 saturated heterocycles. The third-order valence-electron chi connectivity index (χ3n) is 2.79. The number of aromatic nitrogens is 2. The Morgan fingerprint density at radius 3 is 2.78 bits per heavy atom. The number of hydrogen-bond acceptors (Lipinski definition) is 3. The molecule has 0 saturated carbocycles. The number of nitrogens with one attached hydrogen (secondary N) is 3. The zero-order valence-electron chi connectivity index (χ0n) is 10.4. The Bertz CT molecular complexity index is 614. The van der Waals surface area contributed by atoms with Crippen molar-refractivity contribution in [2.24, 2.45) is 0 Å². The third-order valence-corrected chi connectivity index (χ3v) is 2.79. The van der Waals surface area contributed by atoms with Gasteiger partial charge in [0.15, 0.2) is 0 Å². The number of anilines is 1. The Kier molecular flexibility index (Phi) is 3.47. The molecule has 2 rings (SSSR count). The average molecular weight is 248 g/mol. The second-order valence-electron chi connectivity index (χ2n) is 4.04. The number of fused-ring (bicyclic) bond motifs is 1. The van der Waals surface area contributed by atoms with E-state index in [2.05, 4.69) is 15.3 Å². The van der Waals surface area contributed by atoms with Gasteiger partial charge in [0, 0.05) is 12.7 Å². The molecular weight excluding hydrogens is 232 g/mol. The number of likely N-dealkylation sites (N-methyl/N-ethyl adjacent to an activating group) is 2. The van der Waals surface area contributed by atoms with Gasteiger partial charge >= 0.3 is 5.69 Å². The molecule has 0 aliphatic heterocycles. The quantitative estimate of drug-likeness (QED) is 0.734. The van der Waals surface area contributed by atoms with Crippen LogP contribution in [0, 0.1) is 0 Å². The molecule has 1 amide bonds. The van der Waals surface area contributed by atoms with Gasteiger partial charge in [-0.2, -0.15) is 0 Å². The van der Waals surface area contributed by atoms with Crippen LogP contribution in [0.4, 0.5) is 5.69 Å². The van der Waals surface area contributed by atoms with Crippen LogP contribution in [0.5, 0.6) is 0 Å². The highest BCUT2D eigenvalue weighted by atomic mass is 16.2. The summed E-state index contributed by atoms with van der Waals surface area (Å²) in [4.78, 5) is 29.9. The van der Waals surface area contributed by atoms with E-state index in [9.17, 15) is 9.59 Å². The molecule has 0 spiro atoms. The summed E-state index contributed by atoms with van der Waals surface area (Å²) < 4.78 is 0. The summed E-state index contributed by atoms with van der Waals surface area (Å²) in [6.45, 7) is 3.00. The van der Waals surface area contributed by atoms with Gasteiger partial charge in [0.25, 0.3) is 0 Å². The van der Waals surface area contributed by atoms with E-state index in [0.717, 1.165) is 17.7 Å². The Hall–Kier alpha value is -2.08. The predicted octanol–water partition coefficient (Wildman–Crippen LogP) is 0.429. The topological polar surface area (TPSA) is 81.0 Å². The van der Waals surface area contributed by atoms with Gasteiger partial charge in [-0.15, -0.1) is 0 Å². The van der Waals surface area contributed by atoms with Crippen molar-refractivity contribution < 1.29 is 4.79 Å². The minimum atomic E-state index is -0.247. The van der Waals surface area contributed by atoms with Gasteiger partial charge in [0.2, 0.25) is 5.91 Å². The van der Waals surface area contributed by atoms with Crippen molar-refractivity contribution in [3.05, 3.63) is 28.7 Å². The molecule has 6 nitrogen and oxygen atoms in total. The summed E-state index contributed by atoms with van der Waals surface area (Å²) in [5, 5.41) is 2.98. The van der Waals surface area contributed by atoms with Crippen LogP contribution in [-0.4, -0.2) is 36.0 Å². The van der Waals surface area contributed by atoms with Gasteiger partial charge in [-0.3, -0.25) is 4.79 Å². The monoisotopic (exact) mass is 248 g/mol. The van der Waals surface area contributed by atoms with Crippen molar-refractivity contribution in [2.75, 3.05) is 25.0 Å². The first-order valence-electron chi connectivity index (χ1n) is 5.81. The van der Waals surface area contributed by atoms with E-state index < -0.39 is 0 Å². The number of carbonyl (C=O) groups excluding carboxylic acids is 1. The van der Waals surface area contributed by atoms with Crippen molar-refractivity contribution >= 4 is 22.6 Å². The number of benzene rings is 1. The largest absolute Gasteiger partial charge is 0.323 e. The predicted molar refractivity (Wildman–Crippen MR) is 70.9 cm³/mol. The number of rotatable bonds is 4. The number of hydrogen-bond donors (Lipinski definition) is 3. The lowest BCUT2D eigenvalue weighted by molar-refractivity contribution is -0.117. The molecular formula is C12H16N4O2. The number of carbonyl (C=O) groups is 1. The number of imidazole rings is 1. The van der Waals surface area contributed by atoms with Crippen LogP contribution in [0.25, 0.3) is 11.0 Å². The van der Waals surface area contributed by atoms with E-state index in [1.165, 1.54) is 0 Å². The zero-order chi connectivity index (χ0) is 13.1. The molecule has 0 bridgehead atoms.